The van der Waals surface area contributed by atoms with Crippen molar-refractivity contribution in [3.63, 3.8) is 0 Å². The molecule has 0 aliphatic rings. The Balaban J connectivity index is 1.40. The van der Waals surface area contributed by atoms with Gasteiger partial charge in [0.15, 0.2) is 5.58 Å². The summed E-state index contributed by atoms with van der Waals surface area (Å²) in [5.41, 5.74) is 5.44. The molecular formula is C25H17BrN2O2. The molecule has 0 saturated heterocycles. The number of fused-ring (bicyclic) bond motifs is 1. The Morgan fingerprint density at radius 1 is 0.900 bits per heavy atom. The summed E-state index contributed by atoms with van der Waals surface area (Å²) in [7, 11) is 0. The molecule has 0 spiro atoms. The van der Waals surface area contributed by atoms with Gasteiger partial charge in [0.25, 0.3) is 0 Å². The van der Waals surface area contributed by atoms with Crippen molar-refractivity contribution in [3.8, 4) is 22.8 Å². The number of hydrogen-bond donors (Lipinski definition) is 0. The van der Waals surface area contributed by atoms with Gasteiger partial charge in [-0.25, -0.2) is 4.98 Å². The van der Waals surface area contributed by atoms with Gasteiger partial charge in [0.05, 0.1) is 11.9 Å². The van der Waals surface area contributed by atoms with Crippen LogP contribution >= 0.6 is 15.9 Å². The Morgan fingerprint density at radius 2 is 1.73 bits per heavy atom. The lowest BCUT2D eigenvalue weighted by molar-refractivity contribution is 0.575. The van der Waals surface area contributed by atoms with Crippen LogP contribution in [0, 0.1) is 6.92 Å². The number of hydrogen-bond acceptors (Lipinski definition) is 4. The number of benzene rings is 3. The van der Waals surface area contributed by atoms with E-state index in [2.05, 4.69) is 25.9 Å². The molecule has 4 nitrogen and oxygen atoms in total. The summed E-state index contributed by atoms with van der Waals surface area (Å²) in [6.07, 6.45) is 1.71. The van der Waals surface area contributed by atoms with Crippen LogP contribution in [0.15, 0.2) is 97.2 Å². The molecule has 0 fully saturated rings. The van der Waals surface area contributed by atoms with Crippen molar-refractivity contribution in [3.05, 3.63) is 94.7 Å². The first kappa shape index (κ1) is 18.6. The topological polar surface area (TPSA) is 51.5 Å². The molecule has 30 heavy (non-hydrogen) atoms. The number of oxazole rings is 1. The van der Waals surface area contributed by atoms with Gasteiger partial charge in [-0.3, -0.25) is 4.99 Å². The highest BCUT2D eigenvalue weighted by Crippen LogP contribution is 2.29. The summed E-state index contributed by atoms with van der Waals surface area (Å²) in [5, 5.41) is 0. The second-order valence-corrected chi connectivity index (χ2v) is 7.87. The van der Waals surface area contributed by atoms with Crippen LogP contribution in [0.2, 0.25) is 0 Å². The fourth-order valence-corrected chi connectivity index (χ4v) is 3.52. The van der Waals surface area contributed by atoms with Crippen molar-refractivity contribution >= 4 is 38.9 Å². The van der Waals surface area contributed by atoms with Crippen LogP contribution in [0.4, 0.5) is 5.69 Å². The van der Waals surface area contributed by atoms with Gasteiger partial charge in [-0.15, -0.1) is 0 Å². The standard InChI is InChI=1S/C25H17BrN2O2/c1-16-4-2-3-5-21(16)25-28-22-14-19(10-12-24(22)30-25)27-15-20-11-13-23(29-20)17-6-8-18(26)9-7-17/h2-15H,1H3. The molecule has 2 aromatic heterocycles. The zero-order chi connectivity index (χ0) is 20.5. The summed E-state index contributed by atoms with van der Waals surface area (Å²) in [6, 6.07) is 25.6. The average molecular weight is 457 g/mol. The van der Waals surface area contributed by atoms with Crippen LogP contribution in [0.1, 0.15) is 11.3 Å². The Kier molecular flexibility index (Phi) is 4.81. The number of aliphatic imine (C=N–C) groups is 1. The molecule has 0 bridgehead atoms. The third-order valence-electron chi connectivity index (χ3n) is 4.84. The van der Waals surface area contributed by atoms with E-state index in [1.54, 1.807) is 6.21 Å². The molecule has 0 amide bonds. The maximum Gasteiger partial charge on any atom is 0.227 e. The van der Waals surface area contributed by atoms with Crippen molar-refractivity contribution in [1.82, 2.24) is 4.98 Å². The van der Waals surface area contributed by atoms with Gasteiger partial charge in [-0.2, -0.15) is 0 Å². The quantitative estimate of drug-likeness (QED) is 0.262. The van der Waals surface area contributed by atoms with Gasteiger partial charge < -0.3 is 8.83 Å². The number of halogens is 1. The molecule has 0 unspecified atom stereocenters. The molecule has 3 aromatic carbocycles. The molecule has 0 N–H and O–H groups in total. The molecule has 5 aromatic rings. The van der Waals surface area contributed by atoms with Crippen LogP contribution < -0.4 is 0 Å². The minimum atomic E-state index is 0.620. The minimum Gasteiger partial charge on any atom is -0.455 e. The number of rotatable bonds is 4. The molecule has 0 atom stereocenters. The fraction of sp³-hybridized carbons (Fsp3) is 0.0400. The van der Waals surface area contributed by atoms with Gasteiger partial charge in [0.2, 0.25) is 5.89 Å². The highest BCUT2D eigenvalue weighted by molar-refractivity contribution is 9.10. The first-order chi connectivity index (χ1) is 14.7. The van der Waals surface area contributed by atoms with E-state index in [0.29, 0.717) is 11.7 Å². The second-order valence-electron chi connectivity index (χ2n) is 6.95. The van der Waals surface area contributed by atoms with E-state index in [4.69, 9.17) is 8.83 Å². The first-order valence-corrected chi connectivity index (χ1v) is 10.3. The SMILES string of the molecule is Cc1ccccc1-c1nc2cc(N=Cc3ccc(-c4ccc(Br)cc4)o3)ccc2o1. The average Bonchev–Trinajstić information content (AvgIpc) is 3.40. The zero-order valence-corrected chi connectivity index (χ0v) is 17.8. The summed E-state index contributed by atoms with van der Waals surface area (Å²) in [4.78, 5) is 9.18. The van der Waals surface area contributed by atoms with Crippen LogP contribution in [-0.2, 0) is 0 Å². The Labute approximate surface area is 182 Å². The molecular weight excluding hydrogens is 440 g/mol. The Bertz CT molecular complexity index is 1360. The van der Waals surface area contributed by atoms with Gasteiger partial charge in [-0.1, -0.05) is 46.3 Å². The second kappa shape index (κ2) is 7.76. The van der Waals surface area contributed by atoms with Crippen LogP contribution in [0.25, 0.3) is 33.9 Å². The third kappa shape index (κ3) is 3.72. The number of furan rings is 1. The van der Waals surface area contributed by atoms with Crippen molar-refractivity contribution in [2.75, 3.05) is 0 Å². The summed E-state index contributed by atoms with van der Waals surface area (Å²) in [6.45, 7) is 2.05. The lowest BCUT2D eigenvalue weighted by atomic mass is 10.1. The fourth-order valence-electron chi connectivity index (χ4n) is 3.25. The summed E-state index contributed by atoms with van der Waals surface area (Å²) < 4.78 is 12.9. The summed E-state index contributed by atoms with van der Waals surface area (Å²) >= 11 is 3.45. The highest BCUT2D eigenvalue weighted by Gasteiger charge is 2.10. The predicted octanol–water partition coefficient (Wildman–Crippen LogP) is 7.58. The van der Waals surface area contributed by atoms with E-state index in [1.807, 2.05) is 85.8 Å². The Morgan fingerprint density at radius 3 is 2.57 bits per heavy atom. The smallest absolute Gasteiger partial charge is 0.227 e. The maximum atomic E-state index is 5.93. The number of aryl methyl sites for hydroxylation is 1. The van der Waals surface area contributed by atoms with E-state index < -0.39 is 0 Å². The molecule has 5 heteroatoms. The van der Waals surface area contributed by atoms with E-state index in [0.717, 1.165) is 43.7 Å². The highest BCUT2D eigenvalue weighted by atomic mass is 79.9. The van der Waals surface area contributed by atoms with Gasteiger partial charge in [-0.05, 0) is 61.0 Å². The largest absolute Gasteiger partial charge is 0.455 e. The van der Waals surface area contributed by atoms with Crippen molar-refractivity contribution < 1.29 is 8.83 Å². The van der Waals surface area contributed by atoms with E-state index >= 15 is 0 Å². The number of aromatic nitrogens is 1. The number of nitrogens with zero attached hydrogens (tertiary/aromatic N) is 2. The molecule has 0 aliphatic carbocycles. The lowest BCUT2D eigenvalue weighted by Crippen LogP contribution is -1.81. The summed E-state index contributed by atoms with van der Waals surface area (Å²) in [5.74, 6) is 2.11. The predicted molar refractivity (Wildman–Crippen MR) is 123 cm³/mol. The first-order valence-electron chi connectivity index (χ1n) is 9.52. The van der Waals surface area contributed by atoms with Crippen LogP contribution in [0.3, 0.4) is 0 Å². The molecule has 2 heterocycles. The normalized spacial score (nSPS) is 11.5. The molecule has 0 radical (unpaired) electrons. The van der Waals surface area contributed by atoms with E-state index in [9.17, 15) is 0 Å². The molecule has 0 aliphatic heterocycles. The van der Waals surface area contributed by atoms with Gasteiger partial charge in [0.1, 0.15) is 17.0 Å². The molecule has 146 valence electrons. The monoisotopic (exact) mass is 456 g/mol. The van der Waals surface area contributed by atoms with Crippen molar-refractivity contribution in [2.45, 2.75) is 6.92 Å². The zero-order valence-electron chi connectivity index (χ0n) is 16.2. The third-order valence-corrected chi connectivity index (χ3v) is 5.37. The Hall–Kier alpha value is -3.44. The van der Waals surface area contributed by atoms with Crippen molar-refractivity contribution in [2.24, 2.45) is 4.99 Å². The van der Waals surface area contributed by atoms with E-state index in [-0.39, 0.29) is 0 Å². The van der Waals surface area contributed by atoms with Crippen molar-refractivity contribution in [1.29, 1.82) is 0 Å². The van der Waals surface area contributed by atoms with Gasteiger partial charge in [0, 0.05) is 15.6 Å². The van der Waals surface area contributed by atoms with E-state index in [1.165, 1.54) is 0 Å². The molecule has 5 rings (SSSR count). The van der Waals surface area contributed by atoms with Crippen LogP contribution in [-0.4, -0.2) is 11.2 Å². The molecule has 0 saturated carbocycles. The minimum absolute atomic E-state index is 0.620. The lowest BCUT2D eigenvalue weighted by Gasteiger charge is -1.98. The van der Waals surface area contributed by atoms with Gasteiger partial charge >= 0.3 is 0 Å². The maximum absolute atomic E-state index is 5.93. The van der Waals surface area contributed by atoms with Crippen LogP contribution in [0.5, 0.6) is 0 Å².